The van der Waals surface area contributed by atoms with Crippen molar-refractivity contribution in [2.24, 2.45) is 11.0 Å². The van der Waals surface area contributed by atoms with Gasteiger partial charge >= 0.3 is 5.97 Å². The van der Waals surface area contributed by atoms with Crippen LogP contribution in [0.2, 0.25) is 0 Å². The van der Waals surface area contributed by atoms with Crippen molar-refractivity contribution in [1.29, 1.82) is 0 Å². The first-order chi connectivity index (χ1) is 18.6. The zero-order chi connectivity index (χ0) is 26.3. The maximum absolute atomic E-state index is 13.4. The minimum absolute atomic E-state index is 0.0592. The van der Waals surface area contributed by atoms with Gasteiger partial charge in [-0.2, -0.15) is 5.10 Å². The molecular weight excluding hydrogens is 480 g/mol. The molecule has 1 amide bonds. The van der Waals surface area contributed by atoms with E-state index in [9.17, 15) is 14.4 Å². The normalized spacial score (nSPS) is 19.4. The fourth-order valence-electron chi connectivity index (χ4n) is 5.04. The molecule has 0 saturated heterocycles. The number of nitrogens with zero attached hydrogens (tertiary/aromatic N) is 2. The predicted octanol–water partition coefficient (Wildman–Crippen LogP) is 5.24. The number of fused-ring (bicyclic) bond motifs is 1. The highest BCUT2D eigenvalue weighted by molar-refractivity contribution is 6.08. The summed E-state index contributed by atoms with van der Waals surface area (Å²) in [5.74, 6) is -0.766. The zero-order valence-corrected chi connectivity index (χ0v) is 20.9. The van der Waals surface area contributed by atoms with E-state index in [2.05, 4.69) is 18.2 Å². The van der Waals surface area contributed by atoms with Crippen LogP contribution in [0.3, 0.4) is 0 Å². The molecule has 0 aromatic heterocycles. The number of benzene rings is 3. The average molecular weight is 509 g/mol. The number of carbonyl (C=O) groups is 3. The van der Waals surface area contributed by atoms with Crippen molar-refractivity contribution < 1.29 is 23.9 Å². The zero-order valence-electron chi connectivity index (χ0n) is 20.9. The van der Waals surface area contributed by atoms with Crippen molar-refractivity contribution >= 4 is 30.0 Å². The first kappa shape index (κ1) is 25.1. The number of esters is 1. The molecular formula is C31H28N2O5. The molecule has 2 unspecified atom stereocenters. The highest BCUT2D eigenvalue weighted by Gasteiger charge is 2.43. The summed E-state index contributed by atoms with van der Waals surface area (Å²) in [6.07, 6.45) is 5.61. The molecule has 3 aromatic carbocycles. The minimum Gasteiger partial charge on any atom is -0.481 e. The van der Waals surface area contributed by atoms with Gasteiger partial charge in [0.1, 0.15) is 5.75 Å². The molecule has 1 saturated carbocycles. The number of para-hydroxylation sites is 1. The predicted molar refractivity (Wildman–Crippen MR) is 144 cm³/mol. The van der Waals surface area contributed by atoms with Gasteiger partial charge in [-0.25, -0.2) is 9.80 Å². The summed E-state index contributed by atoms with van der Waals surface area (Å²) < 4.78 is 10.7. The molecule has 0 bridgehead atoms. The third-order valence-electron chi connectivity index (χ3n) is 6.79. The van der Waals surface area contributed by atoms with Crippen LogP contribution in [-0.4, -0.2) is 42.1 Å². The highest BCUT2D eigenvalue weighted by Crippen LogP contribution is 2.44. The van der Waals surface area contributed by atoms with E-state index in [1.54, 1.807) is 24.3 Å². The van der Waals surface area contributed by atoms with Crippen LogP contribution in [-0.2, 0) is 14.3 Å². The number of amides is 1. The molecule has 1 aliphatic carbocycles. The Balaban J connectivity index is 1.32. The van der Waals surface area contributed by atoms with Crippen molar-refractivity contribution in [2.45, 2.75) is 25.3 Å². The van der Waals surface area contributed by atoms with Gasteiger partial charge in [-0.05, 0) is 54.2 Å². The summed E-state index contributed by atoms with van der Waals surface area (Å²) in [6, 6.07) is 26.3. The second-order valence-corrected chi connectivity index (χ2v) is 9.26. The first-order valence-electron chi connectivity index (χ1n) is 12.7. The maximum atomic E-state index is 13.4. The van der Waals surface area contributed by atoms with Crippen LogP contribution in [0.4, 0.5) is 0 Å². The summed E-state index contributed by atoms with van der Waals surface area (Å²) in [6.45, 7) is -0.872. The second kappa shape index (κ2) is 11.7. The van der Waals surface area contributed by atoms with Crippen LogP contribution < -0.4 is 4.74 Å². The molecule has 0 spiro atoms. The quantitative estimate of drug-likeness (QED) is 0.307. The number of aldehydes is 1. The van der Waals surface area contributed by atoms with Crippen molar-refractivity contribution in [3.05, 3.63) is 107 Å². The Labute approximate surface area is 221 Å². The number of allylic oxidation sites excluding steroid dienone is 1. The number of hydrogen-bond donors (Lipinski definition) is 0. The monoisotopic (exact) mass is 508 g/mol. The van der Waals surface area contributed by atoms with Gasteiger partial charge in [0.15, 0.2) is 19.5 Å². The number of carbonyl (C=O) groups excluding carboxylic acids is 3. The fourth-order valence-corrected chi connectivity index (χ4v) is 5.04. The summed E-state index contributed by atoms with van der Waals surface area (Å²) in [7, 11) is 0. The Morgan fingerprint density at radius 2 is 1.63 bits per heavy atom. The van der Waals surface area contributed by atoms with Crippen LogP contribution in [0.1, 0.15) is 46.8 Å². The molecule has 2 aliphatic rings. The fraction of sp³-hybridized carbons (Fsp3) is 0.226. The number of rotatable bonds is 8. The van der Waals surface area contributed by atoms with Crippen LogP contribution in [0, 0.1) is 5.92 Å². The van der Waals surface area contributed by atoms with Gasteiger partial charge in [0, 0.05) is 5.92 Å². The van der Waals surface area contributed by atoms with Crippen LogP contribution in [0.5, 0.6) is 5.75 Å². The maximum Gasteiger partial charge on any atom is 0.344 e. The van der Waals surface area contributed by atoms with Crippen LogP contribution >= 0.6 is 0 Å². The minimum atomic E-state index is -0.704. The Morgan fingerprint density at radius 1 is 0.921 bits per heavy atom. The summed E-state index contributed by atoms with van der Waals surface area (Å²) >= 11 is 0. The standard InChI is InChI=1S/C31H28N2O5/c34-19-25-14-7-8-17-27(25)37-21-29(36)38-20-28(35)33-31(23-12-5-2-6-13-23)26-16-9-15-24(30(26)32-33)18-22-10-3-1-4-11-22/h1-8,10-14,17-19,26,31H,9,15-16,20-21H2. The molecule has 1 heterocycles. The molecule has 7 nitrogen and oxygen atoms in total. The van der Waals surface area contributed by atoms with E-state index >= 15 is 0 Å². The van der Waals surface area contributed by atoms with Crippen molar-refractivity contribution in [3.63, 3.8) is 0 Å². The van der Waals surface area contributed by atoms with E-state index in [4.69, 9.17) is 14.6 Å². The molecule has 0 radical (unpaired) electrons. The van der Waals surface area contributed by atoms with Gasteiger partial charge in [0.25, 0.3) is 5.91 Å². The SMILES string of the molecule is O=Cc1ccccc1OCC(=O)OCC(=O)N1N=C2C(=Cc3ccccc3)CCCC2C1c1ccccc1. The van der Waals surface area contributed by atoms with Gasteiger partial charge in [0.2, 0.25) is 0 Å². The summed E-state index contributed by atoms with van der Waals surface area (Å²) in [5.41, 5.74) is 4.46. The van der Waals surface area contributed by atoms with E-state index in [1.807, 2.05) is 48.5 Å². The molecule has 2 atom stereocenters. The molecule has 1 fully saturated rings. The third kappa shape index (κ3) is 5.57. The largest absolute Gasteiger partial charge is 0.481 e. The molecule has 192 valence electrons. The van der Waals surface area contributed by atoms with E-state index in [1.165, 1.54) is 5.01 Å². The van der Waals surface area contributed by atoms with Crippen molar-refractivity contribution in [3.8, 4) is 5.75 Å². The molecule has 0 N–H and O–H groups in total. The smallest absolute Gasteiger partial charge is 0.344 e. The first-order valence-corrected chi connectivity index (χ1v) is 12.7. The highest BCUT2D eigenvalue weighted by atomic mass is 16.6. The lowest BCUT2D eigenvalue weighted by Crippen LogP contribution is -2.35. The van der Waals surface area contributed by atoms with Gasteiger partial charge in [-0.15, -0.1) is 0 Å². The van der Waals surface area contributed by atoms with E-state index in [-0.39, 0.29) is 17.7 Å². The lowest BCUT2D eigenvalue weighted by Gasteiger charge is -2.29. The number of ether oxygens (including phenoxy) is 2. The van der Waals surface area contributed by atoms with Gasteiger partial charge < -0.3 is 9.47 Å². The molecule has 38 heavy (non-hydrogen) atoms. The lowest BCUT2D eigenvalue weighted by molar-refractivity contribution is -0.154. The van der Waals surface area contributed by atoms with Crippen LogP contribution in [0.15, 0.2) is 95.6 Å². The third-order valence-corrected chi connectivity index (χ3v) is 6.79. The van der Waals surface area contributed by atoms with E-state index in [0.717, 1.165) is 41.7 Å². The molecule has 1 aliphatic heterocycles. The second-order valence-electron chi connectivity index (χ2n) is 9.26. The van der Waals surface area contributed by atoms with Gasteiger partial charge in [-0.1, -0.05) is 72.8 Å². The molecule has 5 rings (SSSR count). The molecule has 7 heteroatoms. The number of hydrazone groups is 1. The van der Waals surface area contributed by atoms with Gasteiger partial charge in [0.05, 0.1) is 17.3 Å². The summed E-state index contributed by atoms with van der Waals surface area (Å²) in [4.78, 5) is 36.8. The topological polar surface area (TPSA) is 85.3 Å². The van der Waals surface area contributed by atoms with E-state index < -0.39 is 25.1 Å². The van der Waals surface area contributed by atoms with Gasteiger partial charge in [-0.3, -0.25) is 9.59 Å². The van der Waals surface area contributed by atoms with Crippen molar-refractivity contribution in [1.82, 2.24) is 5.01 Å². The van der Waals surface area contributed by atoms with E-state index in [0.29, 0.717) is 11.8 Å². The average Bonchev–Trinajstić information content (AvgIpc) is 3.37. The Hall–Kier alpha value is -4.52. The Morgan fingerprint density at radius 3 is 2.39 bits per heavy atom. The van der Waals surface area contributed by atoms with Crippen LogP contribution in [0.25, 0.3) is 6.08 Å². The Bertz CT molecular complexity index is 1370. The summed E-state index contributed by atoms with van der Waals surface area (Å²) in [5, 5.41) is 6.29. The molecule has 3 aromatic rings. The number of hydrogen-bond acceptors (Lipinski definition) is 6. The van der Waals surface area contributed by atoms with Crippen molar-refractivity contribution in [2.75, 3.05) is 13.2 Å². The lowest BCUT2D eigenvalue weighted by atomic mass is 9.77. The Kier molecular flexibility index (Phi) is 7.73.